The zero-order valence-electron chi connectivity index (χ0n) is 24.2. The zero-order valence-corrected chi connectivity index (χ0v) is 27.5. The highest BCUT2D eigenvalue weighted by Crippen LogP contribution is 2.41. The van der Waals surface area contributed by atoms with E-state index in [0.29, 0.717) is 0 Å². The summed E-state index contributed by atoms with van der Waals surface area (Å²) in [7, 11) is 0. The van der Waals surface area contributed by atoms with Gasteiger partial charge in [0.15, 0.2) is 0 Å². The highest BCUT2D eigenvalue weighted by molar-refractivity contribution is 8.15. The molecule has 5 aromatic rings. The van der Waals surface area contributed by atoms with Gasteiger partial charge in [-0.25, -0.2) is 0 Å². The topological polar surface area (TPSA) is 34.1 Å². The molecular formula is C38H32O2S4. The number of hydrogen-bond donors (Lipinski definition) is 0. The molecule has 0 aliphatic heterocycles. The molecule has 2 nitrogen and oxygen atoms in total. The second-order valence-electron chi connectivity index (χ2n) is 9.78. The highest BCUT2D eigenvalue weighted by Gasteiger charge is 2.14. The standard InChI is InChI=1S/C38H32O2S4/c1-3-37(39)43-23-21-41-31-17-13-27(14-18-31)33-11-7-8-12-34(33)36-26-30-10-6-5-9-29(30)25-35(36)28-15-19-32(20-16-28)42-22-24-44-38(40)4-2/h3-20,25-26H,1-2,21-24H2. The van der Waals surface area contributed by atoms with Gasteiger partial charge in [-0.15, -0.1) is 23.5 Å². The predicted octanol–water partition coefficient (Wildman–Crippen LogP) is 10.9. The Morgan fingerprint density at radius 3 is 1.43 bits per heavy atom. The average Bonchev–Trinajstić information content (AvgIpc) is 3.08. The van der Waals surface area contributed by atoms with Crippen molar-refractivity contribution in [3.05, 3.63) is 135 Å². The number of rotatable bonds is 13. The smallest absolute Gasteiger partial charge is 0.211 e. The van der Waals surface area contributed by atoms with Gasteiger partial charge >= 0.3 is 0 Å². The first-order valence-electron chi connectivity index (χ1n) is 14.2. The summed E-state index contributed by atoms with van der Waals surface area (Å²) in [6.45, 7) is 7.07. The molecular weight excluding hydrogens is 617 g/mol. The van der Waals surface area contributed by atoms with Gasteiger partial charge in [0.25, 0.3) is 0 Å². The third-order valence-electron chi connectivity index (χ3n) is 6.96. The predicted molar refractivity (Wildman–Crippen MR) is 197 cm³/mol. The maximum atomic E-state index is 11.5. The number of carbonyl (C=O) groups excluding carboxylic acids is 2. The summed E-state index contributed by atoms with van der Waals surface area (Å²) in [5.74, 6) is 3.26. The van der Waals surface area contributed by atoms with Crippen LogP contribution in [0.4, 0.5) is 0 Å². The summed E-state index contributed by atoms with van der Waals surface area (Å²) in [6.07, 6.45) is 2.74. The van der Waals surface area contributed by atoms with Crippen LogP contribution in [0.15, 0.2) is 144 Å². The molecule has 0 amide bonds. The molecule has 0 atom stereocenters. The van der Waals surface area contributed by atoms with Crippen molar-refractivity contribution in [1.82, 2.24) is 0 Å². The maximum Gasteiger partial charge on any atom is 0.211 e. The Labute approximate surface area is 276 Å². The van der Waals surface area contributed by atoms with Crippen molar-refractivity contribution < 1.29 is 9.59 Å². The number of fused-ring (bicyclic) bond motifs is 1. The van der Waals surface area contributed by atoms with E-state index in [1.165, 1.54) is 89.6 Å². The minimum Gasteiger partial charge on any atom is -0.282 e. The lowest BCUT2D eigenvalue weighted by atomic mass is 9.87. The van der Waals surface area contributed by atoms with Crippen LogP contribution in [0.2, 0.25) is 0 Å². The van der Waals surface area contributed by atoms with Crippen molar-refractivity contribution >= 4 is 68.1 Å². The number of carbonyl (C=O) groups is 2. The fourth-order valence-corrected chi connectivity index (χ4v) is 7.95. The summed E-state index contributed by atoms with van der Waals surface area (Å²) in [5.41, 5.74) is 7.10. The highest BCUT2D eigenvalue weighted by atomic mass is 32.2. The van der Waals surface area contributed by atoms with E-state index in [9.17, 15) is 9.59 Å². The van der Waals surface area contributed by atoms with Crippen molar-refractivity contribution in [2.75, 3.05) is 23.0 Å². The van der Waals surface area contributed by atoms with E-state index in [0.717, 1.165) is 23.0 Å². The second kappa shape index (κ2) is 16.1. The molecule has 0 aromatic heterocycles. The first-order chi connectivity index (χ1) is 21.6. The fourth-order valence-electron chi connectivity index (χ4n) is 4.85. The molecule has 0 N–H and O–H groups in total. The molecule has 0 heterocycles. The van der Waals surface area contributed by atoms with E-state index in [4.69, 9.17) is 0 Å². The molecule has 0 aliphatic rings. The fraction of sp³-hybridized carbons (Fsp3) is 0.105. The Morgan fingerprint density at radius 1 is 0.500 bits per heavy atom. The summed E-state index contributed by atoms with van der Waals surface area (Å²) < 4.78 is 0. The number of thioether (sulfide) groups is 4. The van der Waals surface area contributed by atoms with Gasteiger partial charge in [-0.1, -0.05) is 109 Å². The van der Waals surface area contributed by atoms with Crippen LogP contribution in [0.3, 0.4) is 0 Å². The number of benzene rings is 5. The van der Waals surface area contributed by atoms with Crippen LogP contribution in [0.5, 0.6) is 0 Å². The lowest BCUT2D eigenvalue weighted by molar-refractivity contribution is -0.107. The van der Waals surface area contributed by atoms with E-state index in [2.05, 4.69) is 122 Å². The normalized spacial score (nSPS) is 10.9. The Bertz CT molecular complexity index is 1780. The van der Waals surface area contributed by atoms with Gasteiger partial charge in [0, 0.05) is 32.8 Å². The molecule has 6 heteroatoms. The van der Waals surface area contributed by atoms with Gasteiger partial charge in [0.2, 0.25) is 10.2 Å². The first kappa shape index (κ1) is 32.0. The van der Waals surface area contributed by atoms with Gasteiger partial charge in [0.1, 0.15) is 0 Å². The number of hydrogen-bond acceptors (Lipinski definition) is 6. The van der Waals surface area contributed by atoms with Crippen molar-refractivity contribution in [3.63, 3.8) is 0 Å². The minimum absolute atomic E-state index is 0.0210. The van der Waals surface area contributed by atoms with Gasteiger partial charge < -0.3 is 0 Å². The molecule has 0 aliphatic carbocycles. The van der Waals surface area contributed by atoms with Gasteiger partial charge in [-0.2, -0.15) is 0 Å². The van der Waals surface area contributed by atoms with Crippen LogP contribution < -0.4 is 0 Å². The lowest BCUT2D eigenvalue weighted by Gasteiger charge is -2.17. The molecule has 220 valence electrons. The SMILES string of the molecule is C=CC(=O)SCCSc1ccc(-c2ccccc2-c2cc3ccccc3cc2-c2ccc(SCCSC(=O)C=C)cc2)cc1. The summed E-state index contributed by atoms with van der Waals surface area (Å²) in [6, 6.07) is 39.2. The molecule has 0 saturated carbocycles. The van der Waals surface area contributed by atoms with Crippen LogP contribution in [-0.2, 0) is 9.59 Å². The Kier molecular flexibility index (Phi) is 11.7. The first-order valence-corrected chi connectivity index (χ1v) is 18.2. The molecule has 44 heavy (non-hydrogen) atoms. The van der Waals surface area contributed by atoms with Crippen molar-refractivity contribution in [2.24, 2.45) is 0 Å². The van der Waals surface area contributed by atoms with Crippen LogP contribution >= 0.6 is 47.0 Å². The van der Waals surface area contributed by atoms with E-state index in [-0.39, 0.29) is 10.2 Å². The summed E-state index contributed by atoms with van der Waals surface area (Å²) >= 11 is 6.14. The van der Waals surface area contributed by atoms with Crippen molar-refractivity contribution in [2.45, 2.75) is 9.79 Å². The minimum atomic E-state index is 0.0210. The third kappa shape index (κ3) is 8.39. The molecule has 0 bridgehead atoms. The Balaban J connectivity index is 1.43. The van der Waals surface area contributed by atoms with Crippen LogP contribution in [0.25, 0.3) is 44.2 Å². The maximum absolute atomic E-state index is 11.5. The summed E-state index contributed by atoms with van der Waals surface area (Å²) in [4.78, 5) is 25.3. The monoisotopic (exact) mass is 648 g/mol. The molecule has 0 unspecified atom stereocenters. The van der Waals surface area contributed by atoms with Crippen LogP contribution in [0, 0.1) is 0 Å². The van der Waals surface area contributed by atoms with Crippen molar-refractivity contribution in [3.8, 4) is 33.4 Å². The molecule has 5 rings (SSSR count). The van der Waals surface area contributed by atoms with Gasteiger partial charge in [-0.05, 0) is 92.7 Å². The quantitative estimate of drug-likeness (QED) is 0.0718. The van der Waals surface area contributed by atoms with Crippen LogP contribution in [0.1, 0.15) is 0 Å². The third-order valence-corrected chi connectivity index (χ3v) is 11.2. The summed E-state index contributed by atoms with van der Waals surface area (Å²) in [5, 5.41) is 2.46. The molecule has 0 radical (unpaired) electrons. The largest absolute Gasteiger partial charge is 0.282 e. The van der Waals surface area contributed by atoms with E-state index < -0.39 is 0 Å². The van der Waals surface area contributed by atoms with E-state index in [1.807, 2.05) is 0 Å². The Morgan fingerprint density at radius 2 is 0.932 bits per heavy atom. The van der Waals surface area contributed by atoms with E-state index >= 15 is 0 Å². The van der Waals surface area contributed by atoms with Gasteiger partial charge in [-0.3, -0.25) is 9.59 Å². The van der Waals surface area contributed by atoms with Gasteiger partial charge in [0.05, 0.1) is 0 Å². The second-order valence-corrected chi connectivity index (χ2v) is 14.3. The molecule has 0 saturated heterocycles. The molecule has 0 fully saturated rings. The Hall–Kier alpha value is -3.42. The molecule has 5 aromatic carbocycles. The van der Waals surface area contributed by atoms with Crippen LogP contribution in [-0.4, -0.2) is 33.2 Å². The lowest BCUT2D eigenvalue weighted by Crippen LogP contribution is -1.92. The van der Waals surface area contributed by atoms with Crippen molar-refractivity contribution in [1.29, 1.82) is 0 Å². The average molecular weight is 649 g/mol. The van der Waals surface area contributed by atoms with E-state index in [1.54, 1.807) is 23.5 Å². The molecule has 0 spiro atoms. The zero-order chi connectivity index (χ0) is 30.7.